The molecule has 0 aliphatic carbocycles. The minimum atomic E-state index is -0.472. The zero-order valence-electron chi connectivity index (χ0n) is 17.1. The Kier molecular flexibility index (Phi) is 6.27. The number of rotatable bonds is 8. The van der Waals surface area contributed by atoms with Crippen molar-refractivity contribution in [2.24, 2.45) is 0 Å². The predicted molar refractivity (Wildman–Crippen MR) is 123 cm³/mol. The number of amides is 1. The number of thiazole rings is 1. The van der Waals surface area contributed by atoms with Gasteiger partial charge in [0, 0.05) is 18.2 Å². The number of fused-ring (bicyclic) bond motifs is 1. The molecule has 0 unspecified atom stereocenters. The summed E-state index contributed by atoms with van der Waals surface area (Å²) >= 11 is 1.37. The monoisotopic (exact) mass is 449 g/mol. The van der Waals surface area contributed by atoms with Crippen molar-refractivity contribution >= 4 is 44.4 Å². The Balaban J connectivity index is 1.64. The van der Waals surface area contributed by atoms with Crippen LogP contribution in [0.5, 0.6) is 5.75 Å². The zero-order valence-corrected chi connectivity index (χ0v) is 18.0. The quantitative estimate of drug-likeness (QED) is 0.202. The van der Waals surface area contributed by atoms with Gasteiger partial charge >= 0.3 is 0 Å². The number of carbonyl (C=O) groups excluding carboxylic acids is 1. The second-order valence-electron chi connectivity index (χ2n) is 6.75. The van der Waals surface area contributed by atoms with Crippen molar-refractivity contribution in [2.45, 2.75) is 13.5 Å². The molecular weight excluding hydrogens is 430 g/mol. The largest absolute Gasteiger partial charge is 0.494 e. The number of hydrogen-bond acceptors (Lipinski definition) is 7. The molecule has 0 N–H and O–H groups in total. The number of benzene rings is 2. The molecule has 0 aliphatic heterocycles. The first-order valence-electron chi connectivity index (χ1n) is 9.83. The lowest BCUT2D eigenvalue weighted by molar-refractivity contribution is -0.384. The van der Waals surface area contributed by atoms with Crippen molar-refractivity contribution < 1.29 is 18.9 Å². The highest BCUT2D eigenvalue weighted by Gasteiger charge is 2.20. The minimum Gasteiger partial charge on any atom is -0.494 e. The lowest BCUT2D eigenvalue weighted by Crippen LogP contribution is -2.28. The van der Waals surface area contributed by atoms with Gasteiger partial charge in [0.15, 0.2) is 5.13 Å². The molecule has 0 spiro atoms. The summed E-state index contributed by atoms with van der Waals surface area (Å²) in [5.74, 6) is 1.03. The first-order chi connectivity index (χ1) is 15.5. The van der Waals surface area contributed by atoms with Crippen LogP contribution in [0.25, 0.3) is 16.3 Å². The fraction of sp³-hybridized carbons (Fsp3) is 0.130. The number of anilines is 1. The number of hydrogen-bond donors (Lipinski definition) is 0. The van der Waals surface area contributed by atoms with E-state index in [1.165, 1.54) is 34.4 Å². The first-order valence-corrected chi connectivity index (χ1v) is 10.6. The van der Waals surface area contributed by atoms with Crippen LogP contribution in [-0.4, -0.2) is 22.4 Å². The van der Waals surface area contributed by atoms with E-state index in [1.807, 2.05) is 25.1 Å². The van der Waals surface area contributed by atoms with E-state index in [2.05, 4.69) is 4.98 Å². The van der Waals surface area contributed by atoms with Crippen LogP contribution in [-0.2, 0) is 11.3 Å². The van der Waals surface area contributed by atoms with Gasteiger partial charge in [-0.1, -0.05) is 23.5 Å². The van der Waals surface area contributed by atoms with Gasteiger partial charge in [-0.3, -0.25) is 19.8 Å². The Morgan fingerprint density at radius 3 is 2.88 bits per heavy atom. The maximum Gasteiger partial charge on any atom is 0.270 e. The Labute approximate surface area is 187 Å². The van der Waals surface area contributed by atoms with E-state index >= 15 is 0 Å². The average molecular weight is 449 g/mol. The lowest BCUT2D eigenvalue weighted by atomic mass is 10.2. The number of nitro benzene ring substituents is 1. The topological polar surface area (TPSA) is 98.7 Å². The SMILES string of the molecule is CCOc1ccc2nc(N(Cc3ccco3)C(=O)/C=C/c3cccc([N+](=O)[O-])c3)sc2c1. The molecule has 4 aromatic rings. The molecular formula is C23H19N3O5S. The molecule has 162 valence electrons. The van der Waals surface area contributed by atoms with Gasteiger partial charge in [-0.15, -0.1) is 0 Å². The normalized spacial score (nSPS) is 11.2. The number of aromatic nitrogens is 1. The maximum atomic E-state index is 13.1. The Morgan fingerprint density at radius 2 is 2.12 bits per heavy atom. The van der Waals surface area contributed by atoms with Gasteiger partial charge in [-0.25, -0.2) is 4.98 Å². The van der Waals surface area contributed by atoms with Gasteiger partial charge in [-0.05, 0) is 48.9 Å². The number of furan rings is 1. The van der Waals surface area contributed by atoms with Crippen LogP contribution < -0.4 is 9.64 Å². The molecule has 0 aliphatic rings. The highest BCUT2D eigenvalue weighted by atomic mass is 32.1. The lowest BCUT2D eigenvalue weighted by Gasteiger charge is -2.16. The number of non-ortho nitro benzene ring substituents is 1. The number of nitrogens with zero attached hydrogens (tertiary/aromatic N) is 3. The maximum absolute atomic E-state index is 13.1. The standard InChI is InChI=1S/C23H19N3O5S/c1-2-30-18-9-10-20-21(14-18)32-23(24-20)25(15-19-7-4-12-31-19)22(27)11-8-16-5-3-6-17(13-16)26(28)29/h3-14H,2,15H2,1H3/b11-8+. The molecule has 2 heterocycles. The van der Waals surface area contributed by atoms with Gasteiger partial charge < -0.3 is 9.15 Å². The van der Waals surface area contributed by atoms with Gasteiger partial charge in [0.1, 0.15) is 11.5 Å². The van der Waals surface area contributed by atoms with Crippen molar-refractivity contribution in [3.8, 4) is 5.75 Å². The van der Waals surface area contributed by atoms with Crippen molar-refractivity contribution in [1.82, 2.24) is 4.98 Å². The highest BCUT2D eigenvalue weighted by Crippen LogP contribution is 2.32. The van der Waals surface area contributed by atoms with Crippen LogP contribution in [0.2, 0.25) is 0 Å². The van der Waals surface area contributed by atoms with Gasteiger partial charge in [0.05, 0.1) is 34.6 Å². The Hall–Kier alpha value is -3.98. The molecule has 2 aromatic heterocycles. The van der Waals surface area contributed by atoms with Crippen LogP contribution in [0.3, 0.4) is 0 Å². The second kappa shape index (κ2) is 9.44. The number of carbonyl (C=O) groups is 1. The van der Waals surface area contributed by atoms with Gasteiger partial charge in [0.25, 0.3) is 11.6 Å². The summed E-state index contributed by atoms with van der Waals surface area (Å²) in [7, 11) is 0. The minimum absolute atomic E-state index is 0.0386. The van der Waals surface area contributed by atoms with E-state index in [9.17, 15) is 14.9 Å². The van der Waals surface area contributed by atoms with Gasteiger partial charge in [0.2, 0.25) is 0 Å². The van der Waals surface area contributed by atoms with Crippen LogP contribution in [0.1, 0.15) is 18.2 Å². The molecule has 9 heteroatoms. The molecule has 8 nitrogen and oxygen atoms in total. The summed E-state index contributed by atoms with van der Waals surface area (Å²) in [6.07, 6.45) is 4.47. The number of nitro groups is 1. The Bertz CT molecular complexity index is 1280. The summed E-state index contributed by atoms with van der Waals surface area (Å²) < 4.78 is 11.9. The van der Waals surface area contributed by atoms with Crippen molar-refractivity contribution in [3.63, 3.8) is 0 Å². The number of ether oxygens (including phenoxy) is 1. The molecule has 32 heavy (non-hydrogen) atoms. The molecule has 4 rings (SSSR count). The van der Waals surface area contributed by atoms with Crippen LogP contribution >= 0.6 is 11.3 Å². The van der Waals surface area contributed by atoms with E-state index in [4.69, 9.17) is 9.15 Å². The summed E-state index contributed by atoms with van der Waals surface area (Å²) in [5.41, 5.74) is 1.27. The molecule has 0 radical (unpaired) electrons. The van der Waals surface area contributed by atoms with Gasteiger partial charge in [-0.2, -0.15) is 0 Å². The van der Waals surface area contributed by atoms with E-state index in [1.54, 1.807) is 36.6 Å². The highest BCUT2D eigenvalue weighted by molar-refractivity contribution is 7.22. The fourth-order valence-corrected chi connectivity index (χ4v) is 4.06. The summed E-state index contributed by atoms with van der Waals surface area (Å²) in [6.45, 7) is 2.67. The third kappa shape index (κ3) is 4.84. The molecule has 1 amide bonds. The van der Waals surface area contributed by atoms with Crippen LogP contribution in [0, 0.1) is 10.1 Å². The van der Waals surface area contributed by atoms with E-state index in [0.717, 1.165) is 16.0 Å². The van der Waals surface area contributed by atoms with E-state index < -0.39 is 4.92 Å². The molecule has 0 atom stereocenters. The Morgan fingerprint density at radius 1 is 1.25 bits per heavy atom. The van der Waals surface area contributed by atoms with Crippen LogP contribution in [0.15, 0.2) is 71.4 Å². The smallest absolute Gasteiger partial charge is 0.270 e. The van der Waals surface area contributed by atoms with E-state index in [0.29, 0.717) is 23.1 Å². The second-order valence-corrected chi connectivity index (χ2v) is 7.76. The molecule has 2 aromatic carbocycles. The third-order valence-electron chi connectivity index (χ3n) is 4.55. The summed E-state index contributed by atoms with van der Waals surface area (Å²) in [5, 5.41) is 11.5. The summed E-state index contributed by atoms with van der Waals surface area (Å²) in [6, 6.07) is 15.2. The van der Waals surface area contributed by atoms with E-state index in [-0.39, 0.29) is 18.1 Å². The van der Waals surface area contributed by atoms with Crippen molar-refractivity contribution in [2.75, 3.05) is 11.5 Å². The molecule has 0 saturated carbocycles. The fourth-order valence-electron chi connectivity index (χ4n) is 3.06. The first kappa shape index (κ1) is 21.3. The zero-order chi connectivity index (χ0) is 22.5. The molecule has 0 bridgehead atoms. The van der Waals surface area contributed by atoms with Crippen molar-refractivity contribution in [1.29, 1.82) is 0 Å². The molecule has 0 fully saturated rings. The predicted octanol–water partition coefficient (Wildman–Crippen LogP) is 5.44. The molecule has 0 saturated heterocycles. The van der Waals surface area contributed by atoms with Crippen LogP contribution in [0.4, 0.5) is 10.8 Å². The average Bonchev–Trinajstić information content (AvgIpc) is 3.45. The third-order valence-corrected chi connectivity index (χ3v) is 5.59. The summed E-state index contributed by atoms with van der Waals surface area (Å²) in [4.78, 5) is 29.8. The van der Waals surface area contributed by atoms with Crippen molar-refractivity contribution in [3.05, 3.63) is 88.4 Å².